The monoisotopic (exact) mass is 310 g/mol. The number of rotatable bonds is 6. The quantitative estimate of drug-likeness (QED) is 0.790. The fourth-order valence-electron chi connectivity index (χ4n) is 3.47. The Bertz CT molecular complexity index is 380. The van der Waals surface area contributed by atoms with Gasteiger partial charge in [-0.1, -0.05) is 32.6 Å². The number of hydrogen-bond acceptors (Lipinski definition) is 3. The molecule has 2 N–H and O–H groups in total. The third-order valence-corrected chi connectivity index (χ3v) is 4.81. The first kappa shape index (κ1) is 17.3. The molecule has 126 valence electrons. The van der Waals surface area contributed by atoms with E-state index < -0.39 is 6.04 Å². The Morgan fingerprint density at radius 3 is 2.55 bits per heavy atom. The lowest BCUT2D eigenvalue weighted by Gasteiger charge is -2.26. The predicted octanol–water partition coefficient (Wildman–Crippen LogP) is 2.15. The standard InChI is InChI=1S/C17H30N2O3/c1-12-6-5-9-15(10-12)22-11-16(20)18-13(2)17(21)19-14-7-3-4-8-14/h12-15H,3-11H2,1-2H3,(H,18,20)(H,19,21)/t12-,13-,15+/m1/s1. The average molecular weight is 310 g/mol. The lowest BCUT2D eigenvalue weighted by atomic mass is 9.89. The van der Waals surface area contributed by atoms with Crippen molar-refractivity contribution in [3.8, 4) is 0 Å². The van der Waals surface area contributed by atoms with Gasteiger partial charge in [-0.15, -0.1) is 0 Å². The molecule has 0 aromatic heterocycles. The molecule has 2 amide bonds. The molecule has 0 spiro atoms. The number of amides is 2. The minimum Gasteiger partial charge on any atom is -0.368 e. The summed E-state index contributed by atoms with van der Waals surface area (Å²) < 4.78 is 5.69. The van der Waals surface area contributed by atoms with Crippen LogP contribution in [0.2, 0.25) is 0 Å². The van der Waals surface area contributed by atoms with Crippen LogP contribution in [-0.2, 0) is 14.3 Å². The number of ether oxygens (including phenoxy) is 1. The third kappa shape index (κ3) is 5.59. The van der Waals surface area contributed by atoms with Gasteiger partial charge in [0.1, 0.15) is 12.6 Å². The molecule has 5 nitrogen and oxygen atoms in total. The minimum absolute atomic E-state index is 0.0540. The Kier molecular flexibility index (Phi) is 6.68. The molecule has 2 aliphatic carbocycles. The molecule has 0 saturated heterocycles. The summed E-state index contributed by atoms with van der Waals surface area (Å²) in [7, 11) is 0. The number of nitrogens with one attached hydrogen (secondary N) is 2. The molecule has 0 heterocycles. The molecular formula is C17H30N2O3. The summed E-state index contributed by atoms with van der Waals surface area (Å²) in [4.78, 5) is 23.9. The Labute approximate surface area is 133 Å². The van der Waals surface area contributed by atoms with Gasteiger partial charge in [-0.2, -0.15) is 0 Å². The highest BCUT2D eigenvalue weighted by atomic mass is 16.5. The van der Waals surface area contributed by atoms with Gasteiger partial charge >= 0.3 is 0 Å². The lowest BCUT2D eigenvalue weighted by Crippen LogP contribution is -2.48. The van der Waals surface area contributed by atoms with Crippen molar-refractivity contribution in [2.75, 3.05) is 6.61 Å². The van der Waals surface area contributed by atoms with Crippen LogP contribution in [0.3, 0.4) is 0 Å². The number of carbonyl (C=O) groups excluding carboxylic acids is 2. The van der Waals surface area contributed by atoms with Crippen LogP contribution in [0.15, 0.2) is 0 Å². The van der Waals surface area contributed by atoms with Crippen molar-refractivity contribution >= 4 is 11.8 Å². The van der Waals surface area contributed by atoms with Crippen LogP contribution in [0.25, 0.3) is 0 Å². The van der Waals surface area contributed by atoms with E-state index in [2.05, 4.69) is 17.6 Å². The second kappa shape index (κ2) is 8.51. The zero-order valence-corrected chi connectivity index (χ0v) is 13.9. The zero-order valence-electron chi connectivity index (χ0n) is 13.9. The van der Waals surface area contributed by atoms with E-state index >= 15 is 0 Å². The first-order valence-corrected chi connectivity index (χ1v) is 8.76. The summed E-state index contributed by atoms with van der Waals surface area (Å²) in [6.45, 7) is 4.01. The van der Waals surface area contributed by atoms with Gasteiger partial charge in [0, 0.05) is 6.04 Å². The highest BCUT2D eigenvalue weighted by molar-refractivity contribution is 5.87. The molecular weight excluding hydrogens is 280 g/mol. The molecule has 0 aromatic carbocycles. The van der Waals surface area contributed by atoms with Crippen molar-refractivity contribution < 1.29 is 14.3 Å². The molecule has 0 bridgehead atoms. The fraction of sp³-hybridized carbons (Fsp3) is 0.882. The van der Waals surface area contributed by atoms with E-state index in [1.54, 1.807) is 6.92 Å². The summed E-state index contributed by atoms with van der Waals surface area (Å²) in [5.74, 6) is 0.386. The molecule has 0 radical (unpaired) electrons. The largest absolute Gasteiger partial charge is 0.368 e. The molecule has 0 aliphatic heterocycles. The molecule has 3 atom stereocenters. The fourth-order valence-corrected chi connectivity index (χ4v) is 3.47. The number of carbonyl (C=O) groups is 2. The Morgan fingerprint density at radius 2 is 1.86 bits per heavy atom. The third-order valence-electron chi connectivity index (χ3n) is 4.81. The minimum atomic E-state index is -0.498. The van der Waals surface area contributed by atoms with Crippen LogP contribution < -0.4 is 10.6 Å². The van der Waals surface area contributed by atoms with Crippen molar-refractivity contribution in [3.05, 3.63) is 0 Å². The van der Waals surface area contributed by atoms with Crippen LogP contribution in [0.1, 0.15) is 65.2 Å². The van der Waals surface area contributed by atoms with E-state index in [1.165, 1.54) is 25.7 Å². The lowest BCUT2D eigenvalue weighted by molar-refractivity contribution is -0.133. The van der Waals surface area contributed by atoms with Crippen molar-refractivity contribution in [3.63, 3.8) is 0 Å². The van der Waals surface area contributed by atoms with Crippen LogP contribution in [0, 0.1) is 5.92 Å². The molecule has 5 heteroatoms. The Morgan fingerprint density at radius 1 is 1.14 bits per heavy atom. The van der Waals surface area contributed by atoms with Crippen LogP contribution in [-0.4, -0.2) is 36.6 Å². The van der Waals surface area contributed by atoms with Crippen molar-refractivity contribution in [2.24, 2.45) is 5.92 Å². The molecule has 0 unspecified atom stereocenters. The van der Waals surface area contributed by atoms with Crippen LogP contribution in [0.4, 0.5) is 0 Å². The van der Waals surface area contributed by atoms with Crippen molar-refractivity contribution in [1.29, 1.82) is 0 Å². The van der Waals surface area contributed by atoms with Gasteiger partial charge in [0.15, 0.2) is 0 Å². The number of hydrogen-bond donors (Lipinski definition) is 2. The first-order chi connectivity index (χ1) is 10.5. The van der Waals surface area contributed by atoms with E-state index in [0.29, 0.717) is 5.92 Å². The van der Waals surface area contributed by atoms with E-state index in [-0.39, 0.29) is 30.6 Å². The van der Waals surface area contributed by atoms with Gasteiger partial charge in [-0.25, -0.2) is 0 Å². The highest BCUT2D eigenvalue weighted by Gasteiger charge is 2.23. The second-order valence-electron chi connectivity index (χ2n) is 6.98. The van der Waals surface area contributed by atoms with Crippen LogP contribution >= 0.6 is 0 Å². The van der Waals surface area contributed by atoms with E-state index in [0.717, 1.165) is 25.7 Å². The van der Waals surface area contributed by atoms with E-state index in [9.17, 15) is 9.59 Å². The predicted molar refractivity (Wildman–Crippen MR) is 85.4 cm³/mol. The molecule has 2 saturated carbocycles. The SMILES string of the molecule is C[C@@H]1CCC[C@H](OCC(=O)N[C@H](C)C(=O)NC2CCCC2)C1. The second-order valence-corrected chi connectivity index (χ2v) is 6.98. The van der Waals surface area contributed by atoms with Gasteiger partial charge in [0.2, 0.25) is 11.8 Å². The normalized spacial score (nSPS) is 27.4. The van der Waals surface area contributed by atoms with Gasteiger partial charge < -0.3 is 15.4 Å². The Balaban J connectivity index is 1.63. The van der Waals surface area contributed by atoms with Crippen LogP contribution in [0.5, 0.6) is 0 Å². The molecule has 2 fully saturated rings. The molecule has 22 heavy (non-hydrogen) atoms. The van der Waals surface area contributed by atoms with Gasteiger partial charge in [0.05, 0.1) is 6.10 Å². The van der Waals surface area contributed by atoms with E-state index in [1.807, 2.05) is 0 Å². The molecule has 2 rings (SSSR count). The maximum Gasteiger partial charge on any atom is 0.246 e. The molecule has 2 aliphatic rings. The Hall–Kier alpha value is -1.10. The first-order valence-electron chi connectivity index (χ1n) is 8.76. The van der Waals surface area contributed by atoms with Crippen molar-refractivity contribution in [2.45, 2.75) is 83.4 Å². The van der Waals surface area contributed by atoms with E-state index in [4.69, 9.17) is 4.74 Å². The highest BCUT2D eigenvalue weighted by Crippen LogP contribution is 2.25. The maximum atomic E-state index is 12.0. The summed E-state index contributed by atoms with van der Waals surface area (Å²) >= 11 is 0. The molecule has 0 aromatic rings. The topological polar surface area (TPSA) is 67.4 Å². The van der Waals surface area contributed by atoms with Gasteiger partial charge in [0.25, 0.3) is 0 Å². The summed E-state index contributed by atoms with van der Waals surface area (Å²) in [5.41, 5.74) is 0. The summed E-state index contributed by atoms with van der Waals surface area (Å²) in [6.07, 6.45) is 9.15. The van der Waals surface area contributed by atoms with Crippen molar-refractivity contribution in [1.82, 2.24) is 10.6 Å². The smallest absolute Gasteiger partial charge is 0.246 e. The summed E-state index contributed by atoms with van der Waals surface area (Å²) in [6, 6.07) is -0.214. The average Bonchev–Trinajstić information content (AvgIpc) is 2.98. The van der Waals surface area contributed by atoms with Gasteiger partial charge in [-0.3, -0.25) is 9.59 Å². The summed E-state index contributed by atoms with van der Waals surface area (Å²) in [5, 5.41) is 5.73. The maximum absolute atomic E-state index is 12.0. The van der Waals surface area contributed by atoms with Gasteiger partial charge in [-0.05, 0) is 38.5 Å². The zero-order chi connectivity index (χ0) is 15.9.